The lowest BCUT2D eigenvalue weighted by molar-refractivity contribution is 0.0953. The molecule has 0 aromatic carbocycles. The summed E-state index contributed by atoms with van der Waals surface area (Å²) >= 11 is 0. The van der Waals surface area contributed by atoms with Crippen LogP contribution in [0.1, 0.15) is 68.6 Å². The predicted molar refractivity (Wildman–Crippen MR) is 88.7 cm³/mol. The molecular weight excluding hydrogens is 262 g/mol. The van der Waals surface area contributed by atoms with E-state index >= 15 is 0 Å². The molecule has 0 unspecified atom stereocenters. The Balaban J connectivity index is 2.11. The Labute approximate surface area is 128 Å². The summed E-state index contributed by atoms with van der Waals surface area (Å²) in [7, 11) is 1.80. The largest absolute Gasteiger partial charge is 0.386 e. The number of nitrogens with one attached hydrogen (secondary N) is 2. The van der Waals surface area contributed by atoms with Crippen LogP contribution in [0.5, 0.6) is 0 Å². The number of nitrogens with zero attached hydrogens (tertiary/aromatic N) is 1. The fourth-order valence-electron chi connectivity index (χ4n) is 2.35. The van der Waals surface area contributed by atoms with Crippen LogP contribution in [0, 0.1) is 0 Å². The first-order valence-corrected chi connectivity index (χ1v) is 8.19. The quantitative estimate of drug-likeness (QED) is 0.606. The maximum Gasteiger partial charge on any atom is 0.253 e. The van der Waals surface area contributed by atoms with E-state index in [9.17, 15) is 4.79 Å². The van der Waals surface area contributed by atoms with Crippen molar-refractivity contribution in [3.05, 3.63) is 24.0 Å². The van der Waals surface area contributed by atoms with Crippen molar-refractivity contribution in [2.24, 2.45) is 0 Å². The molecule has 0 atom stereocenters. The Morgan fingerprint density at radius 2 is 1.76 bits per heavy atom. The molecule has 1 rings (SSSR count). The number of carbonyl (C=O) groups is 1. The lowest BCUT2D eigenvalue weighted by Gasteiger charge is -2.09. The third-order valence-electron chi connectivity index (χ3n) is 3.65. The highest BCUT2D eigenvalue weighted by atomic mass is 16.1. The van der Waals surface area contributed by atoms with Crippen molar-refractivity contribution in [1.29, 1.82) is 0 Å². The lowest BCUT2D eigenvalue weighted by Crippen LogP contribution is -2.25. The molecule has 1 heterocycles. The minimum Gasteiger partial charge on any atom is -0.386 e. The topological polar surface area (TPSA) is 54.0 Å². The number of rotatable bonds is 11. The van der Waals surface area contributed by atoms with Crippen molar-refractivity contribution in [1.82, 2.24) is 10.3 Å². The molecule has 1 amide bonds. The van der Waals surface area contributed by atoms with Gasteiger partial charge in [0.25, 0.3) is 5.91 Å². The summed E-state index contributed by atoms with van der Waals surface area (Å²) in [5.41, 5.74) is 1.43. The Hall–Kier alpha value is -1.58. The highest BCUT2D eigenvalue weighted by molar-refractivity contribution is 5.99. The molecule has 0 fully saturated rings. The van der Waals surface area contributed by atoms with Gasteiger partial charge in [0.05, 0.1) is 17.4 Å². The first-order chi connectivity index (χ1) is 10.3. The lowest BCUT2D eigenvalue weighted by atomic mass is 10.1. The molecule has 1 aromatic rings. The van der Waals surface area contributed by atoms with Gasteiger partial charge in [0.2, 0.25) is 0 Å². The maximum absolute atomic E-state index is 12.1. The van der Waals surface area contributed by atoms with E-state index in [1.807, 2.05) is 0 Å². The average Bonchev–Trinajstić information content (AvgIpc) is 2.53. The first-order valence-electron chi connectivity index (χ1n) is 8.19. The Kier molecular flexibility index (Phi) is 9.25. The summed E-state index contributed by atoms with van der Waals surface area (Å²) in [4.78, 5) is 16.1. The molecular formula is C17H29N3O. The Morgan fingerprint density at radius 1 is 1.10 bits per heavy atom. The molecule has 4 heteroatoms. The zero-order valence-electron chi connectivity index (χ0n) is 13.5. The van der Waals surface area contributed by atoms with Crippen molar-refractivity contribution in [3.63, 3.8) is 0 Å². The highest BCUT2D eigenvalue weighted by Crippen LogP contribution is 2.12. The second-order valence-corrected chi connectivity index (χ2v) is 5.40. The van der Waals surface area contributed by atoms with Crippen molar-refractivity contribution in [3.8, 4) is 0 Å². The summed E-state index contributed by atoms with van der Waals surface area (Å²) in [5, 5.41) is 5.97. The minimum absolute atomic E-state index is 0.0234. The number of carbonyl (C=O) groups excluding carboxylic acids is 1. The van der Waals surface area contributed by atoms with Crippen LogP contribution in [0.2, 0.25) is 0 Å². The van der Waals surface area contributed by atoms with E-state index in [4.69, 9.17) is 0 Å². The smallest absolute Gasteiger partial charge is 0.253 e. The predicted octanol–water partition coefficient (Wildman–Crippen LogP) is 3.99. The van der Waals surface area contributed by atoms with E-state index < -0.39 is 0 Å². The third-order valence-corrected chi connectivity index (χ3v) is 3.65. The van der Waals surface area contributed by atoms with Gasteiger partial charge in [0.15, 0.2) is 0 Å². The molecule has 0 aliphatic heterocycles. The molecule has 0 aliphatic carbocycles. The van der Waals surface area contributed by atoms with Crippen LogP contribution in [0.3, 0.4) is 0 Å². The number of unbranched alkanes of at least 4 members (excludes halogenated alkanes) is 7. The number of pyridine rings is 1. The highest BCUT2D eigenvalue weighted by Gasteiger charge is 2.09. The number of amides is 1. The number of anilines is 1. The van der Waals surface area contributed by atoms with Crippen molar-refractivity contribution >= 4 is 11.6 Å². The average molecular weight is 291 g/mol. The van der Waals surface area contributed by atoms with E-state index in [0.717, 1.165) is 18.7 Å². The van der Waals surface area contributed by atoms with Crippen LogP contribution in [0.15, 0.2) is 18.5 Å². The van der Waals surface area contributed by atoms with Gasteiger partial charge in [-0.2, -0.15) is 0 Å². The van der Waals surface area contributed by atoms with E-state index in [2.05, 4.69) is 22.5 Å². The minimum atomic E-state index is -0.0234. The van der Waals surface area contributed by atoms with E-state index in [1.54, 1.807) is 25.5 Å². The van der Waals surface area contributed by atoms with Gasteiger partial charge >= 0.3 is 0 Å². The van der Waals surface area contributed by atoms with E-state index in [0.29, 0.717) is 5.56 Å². The van der Waals surface area contributed by atoms with Gasteiger partial charge < -0.3 is 10.6 Å². The van der Waals surface area contributed by atoms with E-state index in [1.165, 1.54) is 44.9 Å². The van der Waals surface area contributed by atoms with Gasteiger partial charge in [0.1, 0.15) is 0 Å². The molecule has 0 saturated heterocycles. The second kappa shape index (κ2) is 11.1. The molecule has 2 N–H and O–H groups in total. The summed E-state index contributed by atoms with van der Waals surface area (Å²) in [6.07, 6.45) is 13.5. The van der Waals surface area contributed by atoms with Gasteiger partial charge in [-0.15, -0.1) is 0 Å². The third kappa shape index (κ3) is 7.11. The number of hydrogen-bond donors (Lipinski definition) is 2. The summed E-state index contributed by atoms with van der Waals surface area (Å²) < 4.78 is 0. The molecule has 1 aromatic heterocycles. The Morgan fingerprint density at radius 3 is 2.43 bits per heavy atom. The molecule has 0 radical (unpaired) electrons. The van der Waals surface area contributed by atoms with Gasteiger partial charge in [0, 0.05) is 19.8 Å². The molecule has 0 aliphatic rings. The fourth-order valence-corrected chi connectivity index (χ4v) is 2.35. The molecule has 4 nitrogen and oxygen atoms in total. The van der Waals surface area contributed by atoms with Gasteiger partial charge in [-0.3, -0.25) is 9.78 Å². The Bertz CT molecular complexity index is 407. The SMILES string of the molecule is CCCCCCCCCCNC(=O)c1ccncc1NC. The van der Waals surface area contributed by atoms with Gasteiger partial charge in [-0.25, -0.2) is 0 Å². The normalized spacial score (nSPS) is 10.4. The standard InChI is InChI=1S/C17H29N3O/c1-3-4-5-6-7-8-9-10-12-20-17(21)15-11-13-19-14-16(15)18-2/h11,13-14,18H,3-10,12H2,1-2H3,(H,20,21). The van der Waals surface area contributed by atoms with E-state index in [-0.39, 0.29) is 5.91 Å². The zero-order chi connectivity index (χ0) is 15.3. The fraction of sp³-hybridized carbons (Fsp3) is 0.647. The molecule has 0 saturated carbocycles. The molecule has 21 heavy (non-hydrogen) atoms. The summed E-state index contributed by atoms with van der Waals surface area (Å²) in [6, 6.07) is 1.74. The molecule has 0 spiro atoms. The van der Waals surface area contributed by atoms with Crippen LogP contribution in [-0.2, 0) is 0 Å². The number of hydrogen-bond acceptors (Lipinski definition) is 3. The summed E-state index contributed by atoms with van der Waals surface area (Å²) in [5.74, 6) is -0.0234. The van der Waals surface area contributed by atoms with Crippen molar-refractivity contribution in [2.75, 3.05) is 18.9 Å². The van der Waals surface area contributed by atoms with Gasteiger partial charge in [-0.1, -0.05) is 51.9 Å². The summed E-state index contributed by atoms with van der Waals surface area (Å²) in [6.45, 7) is 2.99. The van der Waals surface area contributed by atoms with Crippen LogP contribution in [-0.4, -0.2) is 24.5 Å². The molecule has 0 bridgehead atoms. The van der Waals surface area contributed by atoms with Crippen molar-refractivity contribution < 1.29 is 4.79 Å². The van der Waals surface area contributed by atoms with Gasteiger partial charge in [-0.05, 0) is 12.5 Å². The molecule has 118 valence electrons. The monoisotopic (exact) mass is 291 g/mol. The number of aromatic nitrogens is 1. The van der Waals surface area contributed by atoms with Crippen LogP contribution >= 0.6 is 0 Å². The first kappa shape index (κ1) is 17.5. The van der Waals surface area contributed by atoms with Crippen LogP contribution in [0.4, 0.5) is 5.69 Å². The zero-order valence-corrected chi connectivity index (χ0v) is 13.5. The maximum atomic E-state index is 12.1. The second-order valence-electron chi connectivity index (χ2n) is 5.40. The van der Waals surface area contributed by atoms with Crippen LogP contribution < -0.4 is 10.6 Å². The van der Waals surface area contributed by atoms with Crippen LogP contribution in [0.25, 0.3) is 0 Å². The van der Waals surface area contributed by atoms with Crippen molar-refractivity contribution in [2.45, 2.75) is 58.3 Å².